The zero-order valence-electron chi connectivity index (χ0n) is 8.01. The Bertz CT molecular complexity index is 440. The molecule has 15 heavy (non-hydrogen) atoms. The molecule has 2 N–H and O–H groups in total. The van der Waals surface area contributed by atoms with Gasteiger partial charge >= 0.3 is 0 Å². The summed E-state index contributed by atoms with van der Waals surface area (Å²) in [5, 5.41) is 11.6. The molecule has 0 amide bonds. The summed E-state index contributed by atoms with van der Waals surface area (Å²) in [5.74, 6) is 1.16. The predicted molar refractivity (Wildman–Crippen MR) is 50.8 cm³/mol. The molecule has 0 aliphatic heterocycles. The predicted octanol–water partition coefficient (Wildman–Crippen LogP) is 0.512. The fourth-order valence-corrected chi connectivity index (χ4v) is 1.72. The summed E-state index contributed by atoms with van der Waals surface area (Å²) in [7, 11) is 0. The lowest BCUT2D eigenvalue weighted by Gasteiger charge is -1.92. The normalized spacial score (nSPS) is 10.8. The van der Waals surface area contributed by atoms with E-state index < -0.39 is 0 Å². The molecular formula is C7H9N5O2S. The van der Waals surface area contributed by atoms with Crippen LogP contribution in [-0.4, -0.2) is 20.5 Å². The summed E-state index contributed by atoms with van der Waals surface area (Å²) in [6.07, 6.45) is 0. The minimum absolute atomic E-state index is 0.308. The number of nitrogens with two attached hydrogens (primary N) is 1. The number of aryl methyl sites for hydroxylation is 1. The molecule has 0 aliphatic rings. The number of hydrogen-bond donors (Lipinski definition) is 1. The molecule has 0 aliphatic carbocycles. The largest absolute Gasteiger partial charge is 0.327 e. The minimum atomic E-state index is 0.308. The first-order valence-electron chi connectivity index (χ1n) is 4.23. The van der Waals surface area contributed by atoms with Crippen LogP contribution < -0.4 is 5.73 Å². The Labute approximate surface area is 89.4 Å². The number of aromatic nitrogens is 4. The van der Waals surface area contributed by atoms with Gasteiger partial charge < -0.3 is 10.3 Å². The molecule has 2 aromatic heterocycles. The van der Waals surface area contributed by atoms with Crippen LogP contribution in [0.2, 0.25) is 0 Å². The summed E-state index contributed by atoms with van der Waals surface area (Å²) >= 11 is 1.37. The zero-order chi connectivity index (χ0) is 10.7. The quantitative estimate of drug-likeness (QED) is 0.753. The van der Waals surface area contributed by atoms with E-state index in [0.717, 1.165) is 0 Å². The molecule has 2 heterocycles. The summed E-state index contributed by atoms with van der Waals surface area (Å²) in [6, 6.07) is 0. The second kappa shape index (κ2) is 4.41. The molecule has 80 valence electrons. The fourth-order valence-electron chi connectivity index (χ4n) is 0.956. The van der Waals surface area contributed by atoms with Crippen molar-refractivity contribution in [2.24, 2.45) is 5.73 Å². The highest BCUT2D eigenvalue weighted by atomic mass is 32.2. The summed E-state index contributed by atoms with van der Waals surface area (Å²) < 4.78 is 9.50. The van der Waals surface area contributed by atoms with Crippen LogP contribution in [0.1, 0.15) is 17.2 Å². The molecule has 0 saturated heterocycles. The van der Waals surface area contributed by atoms with Crippen LogP contribution in [0.3, 0.4) is 0 Å². The third kappa shape index (κ3) is 2.34. The van der Waals surface area contributed by atoms with Gasteiger partial charge in [0.05, 0.1) is 5.75 Å². The molecule has 7 nitrogen and oxygen atoms in total. The first-order valence-corrected chi connectivity index (χ1v) is 5.21. The first kappa shape index (κ1) is 10.1. The summed E-state index contributed by atoms with van der Waals surface area (Å²) in [4.78, 5) is 4.04. The Kier molecular flexibility index (Phi) is 2.97. The maximum atomic E-state index is 5.44. The van der Waals surface area contributed by atoms with Crippen molar-refractivity contribution in [3.63, 3.8) is 0 Å². The molecule has 2 rings (SSSR count). The van der Waals surface area contributed by atoms with Crippen LogP contribution in [0.4, 0.5) is 0 Å². The maximum Gasteiger partial charge on any atom is 0.286 e. The average molecular weight is 227 g/mol. The number of rotatable bonds is 4. The van der Waals surface area contributed by atoms with Crippen molar-refractivity contribution in [2.75, 3.05) is 0 Å². The second-order valence-electron chi connectivity index (χ2n) is 2.76. The van der Waals surface area contributed by atoms with Crippen molar-refractivity contribution in [1.82, 2.24) is 20.5 Å². The van der Waals surface area contributed by atoms with Crippen LogP contribution in [0.5, 0.6) is 0 Å². The number of thioether (sulfide) groups is 1. The van der Waals surface area contributed by atoms with Crippen LogP contribution in [0.25, 0.3) is 0 Å². The molecule has 0 radical (unpaired) electrons. The van der Waals surface area contributed by atoms with Gasteiger partial charge in [-0.2, -0.15) is 4.98 Å². The monoisotopic (exact) mass is 227 g/mol. The molecule has 8 heteroatoms. The van der Waals surface area contributed by atoms with Gasteiger partial charge in [0, 0.05) is 6.54 Å². The van der Waals surface area contributed by atoms with Gasteiger partial charge in [-0.15, -0.1) is 0 Å². The minimum Gasteiger partial charge on any atom is -0.327 e. The summed E-state index contributed by atoms with van der Waals surface area (Å²) in [5.41, 5.74) is 6.80. The van der Waals surface area contributed by atoms with Crippen molar-refractivity contribution < 1.29 is 9.15 Å². The van der Waals surface area contributed by atoms with E-state index in [1.165, 1.54) is 11.8 Å². The maximum absolute atomic E-state index is 5.44. The zero-order valence-corrected chi connectivity index (χ0v) is 8.82. The van der Waals surface area contributed by atoms with Crippen molar-refractivity contribution in [3.05, 3.63) is 17.2 Å². The molecule has 0 atom stereocenters. The van der Waals surface area contributed by atoms with Gasteiger partial charge in [-0.25, -0.2) is 4.63 Å². The molecule has 0 saturated carbocycles. The molecule has 0 bridgehead atoms. The van der Waals surface area contributed by atoms with Crippen LogP contribution in [0, 0.1) is 6.92 Å². The lowest BCUT2D eigenvalue weighted by atomic mass is 10.3. The molecule has 0 aromatic carbocycles. The second-order valence-corrected chi connectivity index (χ2v) is 3.68. The van der Waals surface area contributed by atoms with Gasteiger partial charge in [0.25, 0.3) is 5.22 Å². The van der Waals surface area contributed by atoms with Gasteiger partial charge in [0.15, 0.2) is 5.82 Å². The molecule has 2 aromatic rings. The Hall–Kier alpha value is -1.41. The third-order valence-corrected chi connectivity index (χ3v) is 2.50. The smallest absolute Gasteiger partial charge is 0.286 e. The van der Waals surface area contributed by atoms with Crippen LogP contribution >= 0.6 is 11.8 Å². The van der Waals surface area contributed by atoms with E-state index >= 15 is 0 Å². The van der Waals surface area contributed by atoms with Crippen LogP contribution in [0.15, 0.2) is 14.4 Å². The van der Waals surface area contributed by atoms with E-state index in [1.54, 1.807) is 6.92 Å². The van der Waals surface area contributed by atoms with E-state index in [2.05, 4.69) is 25.1 Å². The Balaban J connectivity index is 1.98. The topological polar surface area (TPSA) is 104 Å². The van der Waals surface area contributed by atoms with Gasteiger partial charge in [-0.1, -0.05) is 27.2 Å². The van der Waals surface area contributed by atoms with Crippen molar-refractivity contribution in [3.8, 4) is 0 Å². The van der Waals surface area contributed by atoms with Crippen molar-refractivity contribution in [2.45, 2.75) is 24.4 Å². The highest BCUT2D eigenvalue weighted by Crippen LogP contribution is 2.20. The highest BCUT2D eigenvalue weighted by molar-refractivity contribution is 7.98. The summed E-state index contributed by atoms with van der Waals surface area (Å²) in [6.45, 7) is 2.07. The van der Waals surface area contributed by atoms with E-state index in [1.807, 2.05) is 0 Å². The lowest BCUT2D eigenvalue weighted by molar-refractivity contribution is 0.301. The lowest BCUT2D eigenvalue weighted by Crippen LogP contribution is -2.00. The van der Waals surface area contributed by atoms with Crippen molar-refractivity contribution in [1.29, 1.82) is 0 Å². The van der Waals surface area contributed by atoms with Crippen molar-refractivity contribution >= 4 is 11.8 Å². The van der Waals surface area contributed by atoms with E-state index in [4.69, 9.17) is 10.3 Å². The van der Waals surface area contributed by atoms with Crippen LogP contribution in [-0.2, 0) is 12.3 Å². The molecule has 0 fully saturated rings. The van der Waals surface area contributed by atoms with E-state index in [-0.39, 0.29) is 0 Å². The highest BCUT2D eigenvalue weighted by Gasteiger charge is 2.11. The molecule has 0 unspecified atom stereocenters. The SMILES string of the molecule is Cc1noc(SCc2nonc2CN)n1. The standard InChI is InChI=1S/C7H9N5O2S/c1-4-9-7(13-10-4)15-3-6-5(2-8)11-14-12-6/h2-3,8H2,1H3. The third-order valence-electron chi connectivity index (χ3n) is 1.67. The van der Waals surface area contributed by atoms with Gasteiger partial charge in [-0.05, 0) is 6.92 Å². The average Bonchev–Trinajstić information content (AvgIpc) is 2.83. The Morgan fingerprint density at radius 2 is 2.07 bits per heavy atom. The number of nitrogens with zero attached hydrogens (tertiary/aromatic N) is 4. The Morgan fingerprint density at radius 1 is 1.27 bits per heavy atom. The van der Waals surface area contributed by atoms with Gasteiger partial charge in [0.2, 0.25) is 0 Å². The van der Waals surface area contributed by atoms with E-state index in [0.29, 0.717) is 34.7 Å². The Morgan fingerprint density at radius 3 is 2.73 bits per heavy atom. The van der Waals surface area contributed by atoms with Gasteiger partial charge in [0.1, 0.15) is 11.4 Å². The number of hydrogen-bond acceptors (Lipinski definition) is 8. The van der Waals surface area contributed by atoms with Gasteiger partial charge in [-0.3, -0.25) is 0 Å². The molecular weight excluding hydrogens is 218 g/mol. The fraction of sp³-hybridized carbons (Fsp3) is 0.429. The van der Waals surface area contributed by atoms with E-state index in [9.17, 15) is 0 Å². The first-order chi connectivity index (χ1) is 7.29. The molecule has 0 spiro atoms.